The van der Waals surface area contributed by atoms with Gasteiger partial charge in [0.15, 0.2) is 0 Å². The Hall–Kier alpha value is -2.17. The number of nitrogens with one attached hydrogen (secondary N) is 2. The third kappa shape index (κ3) is 6.15. The summed E-state index contributed by atoms with van der Waals surface area (Å²) in [6.07, 6.45) is -5.29. The van der Waals surface area contributed by atoms with E-state index in [0.717, 1.165) is 7.11 Å². The first-order chi connectivity index (χ1) is 13.3. The smallest absolute Gasteiger partial charge is 0.452 e. The monoisotopic (exact) mass is 423 g/mol. The number of methoxy groups -OCH3 is 1. The van der Waals surface area contributed by atoms with Crippen molar-refractivity contribution < 1.29 is 37.1 Å². The highest BCUT2D eigenvalue weighted by molar-refractivity contribution is 6.06. The maximum absolute atomic E-state index is 13.2. The molecule has 0 spiro atoms. The van der Waals surface area contributed by atoms with Crippen LogP contribution in [-0.4, -0.2) is 66.5 Å². The number of ketones is 1. The topological polar surface area (TPSA) is 105 Å². The van der Waals surface area contributed by atoms with Gasteiger partial charge in [0, 0.05) is 0 Å². The Morgan fingerprint density at radius 3 is 2.07 bits per heavy atom. The summed E-state index contributed by atoms with van der Waals surface area (Å²) in [6.45, 7) is 6.20. The summed E-state index contributed by atoms with van der Waals surface area (Å²) in [4.78, 5) is 50.4. The van der Waals surface area contributed by atoms with Crippen LogP contribution in [0, 0.1) is 11.8 Å². The minimum Gasteiger partial charge on any atom is -0.453 e. The summed E-state index contributed by atoms with van der Waals surface area (Å²) in [6, 6.07) is -4.28. The van der Waals surface area contributed by atoms with Gasteiger partial charge in [-0.1, -0.05) is 27.7 Å². The molecule has 1 heterocycles. The number of amides is 3. The predicted octanol–water partition coefficient (Wildman–Crippen LogP) is 1.63. The Labute approximate surface area is 167 Å². The van der Waals surface area contributed by atoms with E-state index >= 15 is 0 Å². The molecule has 1 fully saturated rings. The van der Waals surface area contributed by atoms with Gasteiger partial charge in [-0.2, -0.15) is 13.2 Å². The van der Waals surface area contributed by atoms with Crippen molar-refractivity contribution in [2.75, 3.05) is 13.7 Å². The molecule has 166 valence electrons. The Balaban J connectivity index is 3.44. The minimum atomic E-state index is -5.24. The minimum absolute atomic E-state index is 0.324. The number of halogens is 3. The standard InChI is InChI=1S/C18H28F3N3O5/c1-9(2)12(23-17(28)29-5)16(27)24(15(26)11-7-6-8-22-11)13(10(3)4)14(25)18(19,20)21/h9-13,22H,6-8H2,1-5H3,(H,23,28)/t11-,12?,13?/m0/s1. The van der Waals surface area contributed by atoms with E-state index in [1.54, 1.807) is 13.8 Å². The molecule has 2 unspecified atom stereocenters. The second-order valence-electron chi connectivity index (χ2n) is 7.60. The van der Waals surface area contributed by atoms with Crippen LogP contribution in [0.1, 0.15) is 40.5 Å². The van der Waals surface area contributed by atoms with Gasteiger partial charge < -0.3 is 15.4 Å². The van der Waals surface area contributed by atoms with E-state index in [0.29, 0.717) is 24.3 Å². The number of alkyl halides is 3. The Bertz CT molecular complexity index is 631. The Morgan fingerprint density at radius 1 is 1.10 bits per heavy atom. The zero-order chi connectivity index (χ0) is 22.5. The molecule has 1 saturated heterocycles. The van der Waals surface area contributed by atoms with Gasteiger partial charge in [-0.05, 0) is 31.2 Å². The van der Waals surface area contributed by atoms with Crippen molar-refractivity contribution in [2.45, 2.75) is 64.8 Å². The highest BCUT2D eigenvalue weighted by Crippen LogP contribution is 2.27. The molecule has 2 N–H and O–H groups in total. The molecule has 0 aromatic heterocycles. The normalized spacial score (nSPS) is 19.0. The van der Waals surface area contributed by atoms with E-state index in [1.807, 2.05) is 0 Å². The van der Waals surface area contributed by atoms with Crippen molar-refractivity contribution in [1.29, 1.82) is 0 Å². The van der Waals surface area contributed by atoms with Crippen LogP contribution in [0.2, 0.25) is 0 Å². The van der Waals surface area contributed by atoms with Crippen LogP contribution in [0.4, 0.5) is 18.0 Å². The lowest BCUT2D eigenvalue weighted by atomic mass is 9.93. The number of hydrogen-bond donors (Lipinski definition) is 2. The molecule has 3 amide bonds. The zero-order valence-electron chi connectivity index (χ0n) is 17.1. The fraction of sp³-hybridized carbons (Fsp3) is 0.778. The van der Waals surface area contributed by atoms with E-state index in [4.69, 9.17) is 0 Å². The number of carbonyl (C=O) groups is 4. The molecule has 1 aliphatic rings. The average molecular weight is 423 g/mol. The van der Waals surface area contributed by atoms with E-state index in [9.17, 15) is 32.3 Å². The van der Waals surface area contributed by atoms with E-state index in [1.165, 1.54) is 13.8 Å². The number of rotatable bonds is 7. The highest BCUT2D eigenvalue weighted by Gasteiger charge is 2.51. The first-order valence-electron chi connectivity index (χ1n) is 9.38. The predicted molar refractivity (Wildman–Crippen MR) is 96.7 cm³/mol. The molecule has 0 aromatic carbocycles. The Morgan fingerprint density at radius 2 is 1.69 bits per heavy atom. The lowest BCUT2D eigenvalue weighted by molar-refractivity contribution is -0.182. The van der Waals surface area contributed by atoms with E-state index in [-0.39, 0.29) is 0 Å². The maximum atomic E-state index is 13.2. The summed E-state index contributed by atoms with van der Waals surface area (Å²) in [5, 5.41) is 5.08. The average Bonchev–Trinajstić information content (AvgIpc) is 3.15. The number of ether oxygens (including phenoxy) is 1. The first kappa shape index (κ1) is 24.9. The quantitative estimate of drug-likeness (QED) is 0.645. The molecular formula is C18H28F3N3O5. The van der Waals surface area contributed by atoms with Gasteiger partial charge in [-0.25, -0.2) is 4.79 Å². The fourth-order valence-electron chi connectivity index (χ4n) is 3.18. The van der Waals surface area contributed by atoms with Gasteiger partial charge >= 0.3 is 12.3 Å². The molecule has 0 aromatic rings. The van der Waals surface area contributed by atoms with Crippen LogP contribution in [0.3, 0.4) is 0 Å². The number of alkyl carbamates (subject to hydrolysis) is 1. The van der Waals surface area contributed by atoms with E-state index in [2.05, 4.69) is 15.4 Å². The molecule has 0 aliphatic carbocycles. The molecule has 0 bridgehead atoms. The number of nitrogens with zero attached hydrogens (tertiary/aromatic N) is 1. The second-order valence-corrected chi connectivity index (χ2v) is 7.60. The lowest BCUT2D eigenvalue weighted by Crippen LogP contribution is -2.63. The molecule has 8 nitrogen and oxygen atoms in total. The van der Waals surface area contributed by atoms with Crippen molar-refractivity contribution in [3.8, 4) is 0 Å². The van der Waals surface area contributed by atoms with Crippen molar-refractivity contribution in [3.63, 3.8) is 0 Å². The van der Waals surface area contributed by atoms with Crippen LogP contribution >= 0.6 is 0 Å². The Kier molecular flexibility index (Phi) is 8.61. The van der Waals surface area contributed by atoms with Gasteiger partial charge in [0.1, 0.15) is 12.1 Å². The third-order valence-electron chi connectivity index (χ3n) is 4.68. The molecule has 29 heavy (non-hydrogen) atoms. The molecular weight excluding hydrogens is 395 g/mol. The summed E-state index contributed by atoms with van der Waals surface area (Å²) < 4.78 is 44.2. The molecule has 1 rings (SSSR count). The van der Waals surface area contributed by atoms with Crippen LogP contribution in [0.5, 0.6) is 0 Å². The van der Waals surface area contributed by atoms with Crippen molar-refractivity contribution in [3.05, 3.63) is 0 Å². The molecule has 0 radical (unpaired) electrons. The van der Waals surface area contributed by atoms with Crippen molar-refractivity contribution in [1.82, 2.24) is 15.5 Å². The van der Waals surface area contributed by atoms with Crippen LogP contribution in [0.15, 0.2) is 0 Å². The van der Waals surface area contributed by atoms with Gasteiger partial charge in [0.25, 0.3) is 11.7 Å². The van der Waals surface area contributed by atoms with Crippen LogP contribution in [-0.2, 0) is 19.1 Å². The van der Waals surface area contributed by atoms with E-state index < -0.39 is 59.8 Å². The number of Topliss-reactive ketones (excluding diaryl/α,β-unsaturated/α-hetero) is 1. The number of imide groups is 1. The number of hydrogen-bond acceptors (Lipinski definition) is 6. The third-order valence-corrected chi connectivity index (χ3v) is 4.68. The molecule has 0 saturated carbocycles. The molecule has 1 aliphatic heterocycles. The summed E-state index contributed by atoms with van der Waals surface area (Å²) in [5.74, 6) is -5.76. The summed E-state index contributed by atoms with van der Waals surface area (Å²) in [5.41, 5.74) is 0. The first-order valence-corrected chi connectivity index (χ1v) is 9.38. The van der Waals surface area contributed by atoms with Gasteiger partial charge in [-0.15, -0.1) is 0 Å². The van der Waals surface area contributed by atoms with Gasteiger partial charge in [-0.3, -0.25) is 19.3 Å². The van der Waals surface area contributed by atoms with Gasteiger partial charge in [0.05, 0.1) is 13.2 Å². The number of carbonyl (C=O) groups excluding carboxylic acids is 4. The van der Waals surface area contributed by atoms with Crippen LogP contribution in [0.25, 0.3) is 0 Å². The maximum Gasteiger partial charge on any atom is 0.452 e. The SMILES string of the molecule is COC(=O)NC(C(=O)N(C(=O)[C@@H]1CCCN1)C(C(=O)C(F)(F)F)C(C)C)C(C)C. The van der Waals surface area contributed by atoms with Crippen LogP contribution < -0.4 is 10.6 Å². The van der Waals surface area contributed by atoms with Crippen molar-refractivity contribution >= 4 is 23.7 Å². The fourth-order valence-corrected chi connectivity index (χ4v) is 3.18. The zero-order valence-corrected chi connectivity index (χ0v) is 17.1. The van der Waals surface area contributed by atoms with Gasteiger partial charge in [0.2, 0.25) is 5.91 Å². The largest absolute Gasteiger partial charge is 0.453 e. The second kappa shape index (κ2) is 10.0. The van der Waals surface area contributed by atoms with Crippen molar-refractivity contribution in [2.24, 2.45) is 11.8 Å². The summed E-state index contributed by atoms with van der Waals surface area (Å²) >= 11 is 0. The molecule has 3 atom stereocenters. The highest BCUT2D eigenvalue weighted by atomic mass is 19.4. The lowest BCUT2D eigenvalue weighted by Gasteiger charge is -2.36. The molecule has 11 heteroatoms. The summed E-state index contributed by atoms with van der Waals surface area (Å²) in [7, 11) is 1.06.